The summed E-state index contributed by atoms with van der Waals surface area (Å²) in [6, 6.07) is 20.9. The molecular weight excluding hydrogens is 581 g/mol. The van der Waals surface area contributed by atoms with E-state index in [9.17, 15) is 8.78 Å². The van der Waals surface area contributed by atoms with Gasteiger partial charge in [0, 0.05) is 64.5 Å². The van der Waals surface area contributed by atoms with Crippen LogP contribution in [0.2, 0.25) is 0 Å². The summed E-state index contributed by atoms with van der Waals surface area (Å²) in [7, 11) is 2.05. The van der Waals surface area contributed by atoms with Crippen molar-refractivity contribution in [2.24, 2.45) is 7.05 Å². The van der Waals surface area contributed by atoms with Crippen molar-refractivity contribution in [2.45, 2.75) is 54.9 Å². The number of benzene rings is 2. The van der Waals surface area contributed by atoms with Gasteiger partial charge in [-0.25, -0.2) is 9.97 Å². The second-order valence-electron chi connectivity index (χ2n) is 9.85. The lowest BCUT2D eigenvalue weighted by Crippen LogP contribution is -2.11. The van der Waals surface area contributed by atoms with E-state index < -0.39 is 3.93 Å². The molecule has 0 saturated heterocycles. The number of anilines is 1. The molecule has 2 aromatic heterocycles. The normalized spacial score (nSPS) is 15.5. The van der Waals surface area contributed by atoms with E-state index in [1.807, 2.05) is 43.4 Å². The number of aromatic nitrogens is 3. The zero-order valence-electron chi connectivity index (χ0n) is 21.1. The molecule has 1 saturated carbocycles. The summed E-state index contributed by atoms with van der Waals surface area (Å²) in [4.78, 5) is 9.68. The summed E-state index contributed by atoms with van der Waals surface area (Å²) in [5, 5.41) is 3.51. The van der Waals surface area contributed by atoms with Crippen LogP contribution in [0.4, 0.5) is 14.6 Å². The first-order chi connectivity index (χ1) is 17.8. The largest absolute Gasteiger partial charge is 0.364 e. The van der Waals surface area contributed by atoms with E-state index in [2.05, 4.69) is 33.9 Å². The summed E-state index contributed by atoms with van der Waals surface area (Å²) >= 11 is 1.19. The van der Waals surface area contributed by atoms with Crippen LogP contribution in [0.25, 0.3) is 22.5 Å². The molecule has 0 unspecified atom stereocenters. The molecule has 1 atom stereocenters. The highest BCUT2D eigenvalue weighted by atomic mass is 127. The van der Waals surface area contributed by atoms with Gasteiger partial charge < -0.3 is 9.88 Å². The predicted molar refractivity (Wildman–Crippen MR) is 154 cm³/mol. The number of hydrogen-bond acceptors (Lipinski definition) is 3. The quantitative estimate of drug-likeness (QED) is 0.168. The van der Waals surface area contributed by atoms with Gasteiger partial charge >= 0.3 is 3.93 Å². The Labute approximate surface area is 230 Å². The zero-order chi connectivity index (χ0) is 26.0. The molecule has 1 fully saturated rings. The van der Waals surface area contributed by atoms with Crippen molar-refractivity contribution in [3.63, 3.8) is 0 Å². The molecule has 4 nitrogen and oxygen atoms in total. The van der Waals surface area contributed by atoms with Crippen LogP contribution in [0.5, 0.6) is 0 Å². The fourth-order valence-corrected chi connectivity index (χ4v) is 5.66. The molecule has 4 aromatic rings. The van der Waals surface area contributed by atoms with Gasteiger partial charge in [0.25, 0.3) is 0 Å². The fraction of sp³-hybridized carbons (Fsp3) is 0.333. The predicted octanol–water partition coefficient (Wildman–Crippen LogP) is 8.85. The maximum atomic E-state index is 14.2. The molecule has 1 aliphatic rings. The molecule has 1 N–H and O–H groups in total. The minimum atomic E-state index is -2.95. The lowest BCUT2D eigenvalue weighted by atomic mass is 9.88. The van der Waals surface area contributed by atoms with Gasteiger partial charge in [-0.15, -0.1) is 0 Å². The Kier molecular flexibility index (Phi) is 7.60. The Morgan fingerprint density at radius 1 is 0.973 bits per heavy atom. The summed E-state index contributed by atoms with van der Waals surface area (Å²) in [6.45, 7) is 2.11. The summed E-state index contributed by atoms with van der Waals surface area (Å²) < 4.78 is 27.6. The van der Waals surface area contributed by atoms with Gasteiger partial charge in [0.1, 0.15) is 11.6 Å². The summed E-state index contributed by atoms with van der Waals surface area (Å²) in [5.74, 6) is 2.16. The lowest BCUT2D eigenvalue weighted by Gasteiger charge is -2.21. The van der Waals surface area contributed by atoms with Crippen LogP contribution >= 0.6 is 22.6 Å². The number of nitrogens with zero attached hydrogens (tertiary/aromatic N) is 3. The minimum Gasteiger partial charge on any atom is -0.364 e. The molecule has 2 aromatic carbocycles. The van der Waals surface area contributed by atoms with Crippen LogP contribution in [0.1, 0.15) is 67.9 Å². The lowest BCUT2D eigenvalue weighted by molar-refractivity contribution is 0.127. The number of alkyl halides is 3. The molecule has 192 valence electrons. The average molecular weight is 613 g/mol. The Balaban J connectivity index is 1.58. The SMILES string of the molecule is C[C@H](Nc1cc(-c2c(-c3cccc(C(F)(F)I)c3)nc(C3CCCCC3)n2C)ccn1)c1ccccc1. The minimum absolute atomic E-state index is 0.0183. The molecule has 7 heteroatoms. The van der Waals surface area contributed by atoms with Crippen LogP contribution < -0.4 is 5.32 Å². The molecule has 2 heterocycles. The highest BCUT2D eigenvalue weighted by molar-refractivity contribution is 14.1. The van der Waals surface area contributed by atoms with E-state index in [-0.39, 0.29) is 11.6 Å². The molecule has 37 heavy (non-hydrogen) atoms. The van der Waals surface area contributed by atoms with Crippen LogP contribution in [0.15, 0.2) is 72.9 Å². The van der Waals surface area contributed by atoms with E-state index in [0.29, 0.717) is 11.5 Å². The van der Waals surface area contributed by atoms with Crippen LogP contribution in [-0.4, -0.2) is 14.5 Å². The van der Waals surface area contributed by atoms with E-state index in [4.69, 9.17) is 4.98 Å². The van der Waals surface area contributed by atoms with E-state index in [1.165, 1.54) is 53.5 Å². The number of pyridine rings is 1. The summed E-state index contributed by atoms with van der Waals surface area (Å²) in [5.41, 5.74) is 4.47. The summed E-state index contributed by atoms with van der Waals surface area (Å²) in [6.07, 6.45) is 7.65. The number of halogens is 3. The van der Waals surface area contributed by atoms with Crippen molar-refractivity contribution in [3.8, 4) is 22.5 Å². The molecule has 5 rings (SSSR count). The third kappa shape index (κ3) is 5.71. The molecule has 0 amide bonds. The first-order valence-electron chi connectivity index (χ1n) is 12.8. The second kappa shape index (κ2) is 10.9. The molecule has 1 aliphatic carbocycles. The molecule has 0 spiro atoms. The smallest absolute Gasteiger partial charge is 0.321 e. The molecule has 0 aliphatic heterocycles. The van der Waals surface area contributed by atoms with E-state index >= 15 is 0 Å². The zero-order valence-corrected chi connectivity index (χ0v) is 23.3. The maximum absolute atomic E-state index is 14.2. The Hall–Kier alpha value is -2.81. The highest BCUT2D eigenvalue weighted by Crippen LogP contribution is 2.41. The number of imidazole rings is 1. The molecule has 0 bridgehead atoms. The van der Waals surface area contributed by atoms with Gasteiger partial charge in [0.15, 0.2) is 0 Å². The van der Waals surface area contributed by atoms with E-state index in [0.717, 1.165) is 41.4 Å². The third-order valence-electron chi connectivity index (χ3n) is 7.26. The first-order valence-corrected chi connectivity index (χ1v) is 13.9. The van der Waals surface area contributed by atoms with E-state index in [1.54, 1.807) is 18.3 Å². The van der Waals surface area contributed by atoms with Crippen molar-refractivity contribution in [3.05, 3.63) is 89.9 Å². The van der Waals surface area contributed by atoms with Crippen molar-refractivity contribution in [2.75, 3.05) is 5.32 Å². The fourth-order valence-electron chi connectivity index (χ4n) is 5.32. The van der Waals surface area contributed by atoms with Gasteiger partial charge in [0.05, 0.1) is 11.4 Å². The van der Waals surface area contributed by atoms with Gasteiger partial charge in [0.2, 0.25) is 0 Å². The van der Waals surface area contributed by atoms with Crippen molar-refractivity contribution in [1.29, 1.82) is 0 Å². The van der Waals surface area contributed by atoms with Gasteiger partial charge in [-0.1, -0.05) is 67.8 Å². The highest BCUT2D eigenvalue weighted by Gasteiger charge is 2.29. The third-order valence-corrected chi connectivity index (χ3v) is 7.88. The topological polar surface area (TPSA) is 42.7 Å². The molecule has 0 radical (unpaired) electrons. The Morgan fingerprint density at radius 3 is 2.46 bits per heavy atom. The van der Waals surface area contributed by atoms with Crippen molar-refractivity contribution in [1.82, 2.24) is 14.5 Å². The van der Waals surface area contributed by atoms with Crippen molar-refractivity contribution >= 4 is 28.4 Å². The molecular formula is C30H31F2IN4. The van der Waals surface area contributed by atoms with Crippen LogP contribution in [0, 0.1) is 0 Å². The van der Waals surface area contributed by atoms with Crippen LogP contribution in [-0.2, 0) is 11.0 Å². The second-order valence-corrected chi connectivity index (χ2v) is 11.2. The van der Waals surface area contributed by atoms with Gasteiger partial charge in [-0.3, -0.25) is 0 Å². The van der Waals surface area contributed by atoms with Crippen LogP contribution in [0.3, 0.4) is 0 Å². The van der Waals surface area contributed by atoms with Gasteiger partial charge in [-0.05, 0) is 43.5 Å². The van der Waals surface area contributed by atoms with Crippen molar-refractivity contribution < 1.29 is 8.78 Å². The number of rotatable bonds is 7. The number of nitrogens with one attached hydrogen (secondary N) is 1. The standard InChI is InChI=1S/C30H31F2IN4/c1-20(21-10-5-3-6-11-21)35-26-19-24(16-17-34-26)28-27(23-14-9-15-25(18-23)30(31,32)33)36-29(37(28)2)22-12-7-4-8-13-22/h3,5-6,9-11,14-20,22H,4,7-8,12-13H2,1-2H3,(H,34,35)/t20-/m0/s1. The average Bonchev–Trinajstić information content (AvgIpc) is 3.26. The Bertz CT molecular complexity index is 1360. The maximum Gasteiger partial charge on any atom is 0.321 e. The Morgan fingerprint density at radius 2 is 1.73 bits per heavy atom. The first kappa shape index (κ1) is 25.8. The van der Waals surface area contributed by atoms with Gasteiger partial charge in [-0.2, -0.15) is 8.78 Å². The number of hydrogen-bond donors (Lipinski definition) is 1. The monoisotopic (exact) mass is 612 g/mol.